The lowest BCUT2D eigenvalue weighted by Gasteiger charge is -2.17. The van der Waals surface area contributed by atoms with Crippen LogP contribution in [0.5, 0.6) is 0 Å². The smallest absolute Gasteiger partial charge is 0.193 e. The minimum Gasteiger partial charge on any atom is -0.369 e. The molecule has 1 atom stereocenters. The van der Waals surface area contributed by atoms with Crippen LogP contribution in [0.2, 0.25) is 0 Å². The Balaban J connectivity index is 1.33. The molecule has 6 heteroatoms. The average Bonchev–Trinajstić information content (AvgIpc) is 3.37. The highest BCUT2D eigenvalue weighted by atomic mass is 32.2. The Morgan fingerprint density at radius 2 is 1.69 bits per heavy atom. The molecule has 0 saturated carbocycles. The predicted molar refractivity (Wildman–Crippen MR) is 151 cm³/mol. The van der Waals surface area contributed by atoms with Crippen molar-refractivity contribution in [1.29, 1.82) is 0 Å². The Kier molecular flexibility index (Phi) is 6.27. The van der Waals surface area contributed by atoms with Crippen molar-refractivity contribution >= 4 is 50.7 Å². The Labute approximate surface area is 217 Å². The molecule has 0 fully saturated rings. The highest BCUT2D eigenvalue weighted by molar-refractivity contribution is 8.05. The number of anilines is 1. The maximum absolute atomic E-state index is 4.54. The molecule has 2 aromatic heterocycles. The van der Waals surface area contributed by atoms with Crippen LogP contribution in [0, 0.1) is 5.92 Å². The van der Waals surface area contributed by atoms with E-state index in [2.05, 4.69) is 107 Å². The van der Waals surface area contributed by atoms with Crippen LogP contribution in [0.3, 0.4) is 0 Å². The topological polar surface area (TPSA) is 37.8 Å². The molecule has 1 aliphatic heterocycles. The number of hydrogen-bond donors (Lipinski definition) is 1. The molecule has 6 rings (SSSR count). The maximum Gasteiger partial charge on any atom is 0.193 e. The van der Waals surface area contributed by atoms with Gasteiger partial charge in [0.05, 0.1) is 10.4 Å². The molecule has 3 aromatic carbocycles. The summed E-state index contributed by atoms with van der Waals surface area (Å²) in [6.45, 7) is 5.40. The Hall–Kier alpha value is -2.80. The fraction of sp³-hybridized carbons (Fsp3) is 0.172. The summed E-state index contributed by atoms with van der Waals surface area (Å²) < 4.78 is 0. The van der Waals surface area contributed by atoms with Gasteiger partial charge in [-0.3, -0.25) is 0 Å². The number of rotatable bonds is 6. The third-order valence-electron chi connectivity index (χ3n) is 6.11. The van der Waals surface area contributed by atoms with Gasteiger partial charge in [0.25, 0.3) is 0 Å². The van der Waals surface area contributed by atoms with Crippen molar-refractivity contribution in [1.82, 2.24) is 9.97 Å². The van der Waals surface area contributed by atoms with Crippen molar-refractivity contribution in [3.05, 3.63) is 83.8 Å². The van der Waals surface area contributed by atoms with Gasteiger partial charge in [0.1, 0.15) is 17.5 Å². The molecule has 5 aromatic rings. The molecule has 0 spiro atoms. The number of hydrogen-bond acceptors (Lipinski definition) is 5. The van der Waals surface area contributed by atoms with Crippen LogP contribution in [-0.4, -0.2) is 16.5 Å². The zero-order valence-corrected chi connectivity index (χ0v) is 22.1. The second-order valence-corrected chi connectivity index (χ2v) is 12.9. The van der Waals surface area contributed by atoms with E-state index < -0.39 is 0 Å². The summed E-state index contributed by atoms with van der Waals surface area (Å²) in [5.41, 5.74) is 3.45. The zero-order chi connectivity index (χ0) is 23.8. The highest BCUT2D eigenvalue weighted by Gasteiger charge is 2.25. The molecule has 0 bridgehead atoms. The van der Waals surface area contributed by atoms with Gasteiger partial charge in [-0.05, 0) is 54.3 Å². The molecule has 3 nitrogen and oxygen atoms in total. The molecule has 0 amide bonds. The van der Waals surface area contributed by atoms with Crippen LogP contribution in [0.1, 0.15) is 20.3 Å². The van der Waals surface area contributed by atoms with Crippen molar-refractivity contribution in [3.8, 4) is 16.0 Å². The van der Waals surface area contributed by atoms with Gasteiger partial charge < -0.3 is 5.32 Å². The van der Waals surface area contributed by atoms with Gasteiger partial charge in [0.15, 0.2) is 10.3 Å². The van der Waals surface area contributed by atoms with Gasteiger partial charge in [-0.1, -0.05) is 61.6 Å². The van der Waals surface area contributed by atoms with E-state index in [1.165, 1.54) is 35.6 Å². The summed E-state index contributed by atoms with van der Waals surface area (Å²) in [4.78, 5) is 15.9. The van der Waals surface area contributed by atoms with Crippen LogP contribution in [0.15, 0.2) is 103 Å². The summed E-state index contributed by atoms with van der Waals surface area (Å²) in [6.07, 6.45) is 2.77. The van der Waals surface area contributed by atoms with Crippen molar-refractivity contribution in [3.63, 3.8) is 0 Å². The van der Waals surface area contributed by atoms with Crippen LogP contribution < -0.4 is 5.32 Å². The first-order valence-electron chi connectivity index (χ1n) is 11.8. The van der Waals surface area contributed by atoms with Crippen molar-refractivity contribution in [2.24, 2.45) is 5.92 Å². The van der Waals surface area contributed by atoms with E-state index in [0.717, 1.165) is 29.7 Å². The first kappa shape index (κ1) is 22.7. The Morgan fingerprint density at radius 3 is 2.54 bits per heavy atom. The van der Waals surface area contributed by atoms with E-state index in [1.54, 1.807) is 6.33 Å². The van der Waals surface area contributed by atoms with Gasteiger partial charge in [-0.15, -0.1) is 0 Å². The number of nitrogens with one attached hydrogen (secondary N) is 1. The third-order valence-corrected chi connectivity index (χ3v) is 10.6. The number of thiophene rings is 1. The molecule has 3 heterocycles. The minimum atomic E-state index is -0.0603. The first-order chi connectivity index (χ1) is 17.2. The molecule has 0 saturated heterocycles. The molecule has 1 aliphatic rings. The second kappa shape index (κ2) is 9.69. The number of aromatic nitrogens is 2. The summed E-state index contributed by atoms with van der Waals surface area (Å²) in [5, 5.41) is 9.37. The SMILES string of the molecule is CC(C)CCNc1ncnc2ccc(-c3cc[s+](-c4cccc5c4Sc4ccccc4S5)c3)cc12. The fourth-order valence-corrected chi connectivity index (χ4v) is 8.67. The normalized spacial score (nSPS) is 13.1. The third kappa shape index (κ3) is 4.58. The van der Waals surface area contributed by atoms with E-state index in [-0.39, 0.29) is 10.5 Å². The molecule has 1 N–H and O–H groups in total. The number of nitrogens with zero attached hydrogens (tertiary/aromatic N) is 2. The molecule has 1 unspecified atom stereocenters. The first-order valence-corrected chi connectivity index (χ1v) is 14.8. The van der Waals surface area contributed by atoms with Gasteiger partial charge in [0, 0.05) is 48.7 Å². The standard InChI is InChI=1S/C29H26N3S3/c1-19(2)12-14-30-29-22-16-20(10-11-23(22)31-18-32-29)21-13-15-35(17-21)27-9-5-8-26-28(27)34-25-7-4-3-6-24(25)33-26/h3-11,13,15-19H,12,14H2,1-2H3,(H,30,31,32)/q+1. The Morgan fingerprint density at radius 1 is 0.857 bits per heavy atom. The molecular weight excluding hydrogens is 487 g/mol. The quantitative estimate of drug-likeness (QED) is 0.225. The number of benzene rings is 3. The van der Waals surface area contributed by atoms with E-state index in [9.17, 15) is 0 Å². The summed E-state index contributed by atoms with van der Waals surface area (Å²) >= 11 is 3.79. The predicted octanol–water partition coefficient (Wildman–Crippen LogP) is 9.11. The molecule has 174 valence electrons. The fourth-order valence-electron chi connectivity index (χ4n) is 4.23. The van der Waals surface area contributed by atoms with Crippen molar-refractivity contribution in [2.45, 2.75) is 39.9 Å². The van der Waals surface area contributed by atoms with Gasteiger partial charge >= 0.3 is 0 Å². The highest BCUT2D eigenvalue weighted by Crippen LogP contribution is 2.53. The van der Waals surface area contributed by atoms with E-state index in [0.29, 0.717) is 5.92 Å². The molecular formula is C29H26N3S3+. The van der Waals surface area contributed by atoms with Crippen LogP contribution in [0.4, 0.5) is 5.82 Å². The lowest BCUT2D eigenvalue weighted by atomic mass is 10.1. The van der Waals surface area contributed by atoms with E-state index >= 15 is 0 Å². The molecule has 35 heavy (non-hydrogen) atoms. The average molecular weight is 513 g/mol. The maximum atomic E-state index is 4.54. The lowest BCUT2D eigenvalue weighted by molar-refractivity contribution is 0.607. The largest absolute Gasteiger partial charge is 0.369 e. The van der Waals surface area contributed by atoms with E-state index in [4.69, 9.17) is 0 Å². The molecule has 0 aliphatic carbocycles. The minimum absolute atomic E-state index is 0.0603. The number of fused-ring (bicyclic) bond motifs is 3. The van der Waals surface area contributed by atoms with Gasteiger partial charge in [-0.2, -0.15) is 0 Å². The van der Waals surface area contributed by atoms with Gasteiger partial charge in [0.2, 0.25) is 0 Å². The van der Waals surface area contributed by atoms with Crippen LogP contribution >= 0.6 is 34.0 Å². The Bertz CT molecular complexity index is 1520. The monoisotopic (exact) mass is 512 g/mol. The summed E-state index contributed by atoms with van der Waals surface area (Å²) in [5.74, 6) is 1.58. The van der Waals surface area contributed by atoms with Crippen LogP contribution in [-0.2, 0) is 0 Å². The summed E-state index contributed by atoms with van der Waals surface area (Å²) in [7, 11) is -0.0603. The summed E-state index contributed by atoms with van der Waals surface area (Å²) in [6, 6.07) is 24.2. The van der Waals surface area contributed by atoms with Crippen LogP contribution in [0.25, 0.3) is 26.9 Å². The lowest BCUT2D eigenvalue weighted by Crippen LogP contribution is -2.06. The molecule has 0 radical (unpaired) electrons. The van der Waals surface area contributed by atoms with Gasteiger partial charge in [-0.25, -0.2) is 9.97 Å². The zero-order valence-electron chi connectivity index (χ0n) is 19.7. The van der Waals surface area contributed by atoms with E-state index in [1.807, 2.05) is 23.5 Å². The van der Waals surface area contributed by atoms with Crippen molar-refractivity contribution in [2.75, 3.05) is 11.9 Å². The van der Waals surface area contributed by atoms with Crippen molar-refractivity contribution < 1.29 is 0 Å². The second-order valence-electron chi connectivity index (χ2n) is 9.05.